The molecule has 0 saturated heterocycles. The van der Waals surface area contributed by atoms with Crippen molar-refractivity contribution in [3.8, 4) is 0 Å². The van der Waals surface area contributed by atoms with E-state index in [1.165, 1.54) is 0 Å². The summed E-state index contributed by atoms with van der Waals surface area (Å²) >= 11 is 0. The summed E-state index contributed by atoms with van der Waals surface area (Å²) in [5, 5.41) is 0. The molecule has 4 rings (SSSR count). The highest BCUT2D eigenvalue weighted by Gasteiger charge is 2.27. The smallest absolute Gasteiger partial charge is 0.258 e. The molecule has 1 aliphatic heterocycles. The lowest BCUT2D eigenvalue weighted by Crippen LogP contribution is -2.29. The minimum Gasteiger partial charge on any atom is -0.308 e. The van der Waals surface area contributed by atoms with Crippen LogP contribution < -0.4 is 9.62 Å². The zero-order chi connectivity index (χ0) is 22.2. The predicted octanol–water partition coefficient (Wildman–Crippen LogP) is 4.29. The summed E-state index contributed by atoms with van der Waals surface area (Å²) in [5.74, 6) is -0.0233. The number of amides is 1. The van der Waals surface area contributed by atoms with E-state index in [0.29, 0.717) is 12.1 Å². The van der Waals surface area contributed by atoms with Gasteiger partial charge in [-0.05, 0) is 67.6 Å². The van der Waals surface area contributed by atoms with E-state index < -0.39 is 10.0 Å². The SMILES string of the molecule is Cc1ccc(S(=O)(=O)NCc2ccc3c(c2)N(C(=O)c2ccccc2C)CC3)c(C)c1. The summed E-state index contributed by atoms with van der Waals surface area (Å²) in [6.45, 7) is 6.45. The topological polar surface area (TPSA) is 66.5 Å². The second kappa shape index (κ2) is 8.29. The maximum atomic E-state index is 13.1. The fraction of sp³-hybridized carbons (Fsp3) is 0.240. The van der Waals surface area contributed by atoms with E-state index in [1.54, 1.807) is 24.0 Å². The second-order valence-electron chi connectivity index (χ2n) is 8.08. The Kier molecular flexibility index (Phi) is 5.69. The molecule has 6 heteroatoms. The third-order valence-electron chi connectivity index (χ3n) is 5.75. The van der Waals surface area contributed by atoms with Crippen LogP contribution in [0.2, 0.25) is 0 Å². The van der Waals surface area contributed by atoms with Gasteiger partial charge in [0.25, 0.3) is 5.91 Å². The first-order chi connectivity index (χ1) is 14.8. The minimum atomic E-state index is -3.63. The minimum absolute atomic E-state index is 0.0233. The predicted molar refractivity (Wildman–Crippen MR) is 123 cm³/mol. The van der Waals surface area contributed by atoms with Crippen LogP contribution in [0.5, 0.6) is 0 Å². The number of carbonyl (C=O) groups excluding carboxylic acids is 1. The summed E-state index contributed by atoms with van der Waals surface area (Å²) in [7, 11) is -3.63. The lowest BCUT2D eigenvalue weighted by Gasteiger charge is -2.19. The van der Waals surface area contributed by atoms with Crippen LogP contribution in [0.15, 0.2) is 65.6 Å². The van der Waals surface area contributed by atoms with Crippen LogP contribution in [0, 0.1) is 20.8 Å². The number of carbonyl (C=O) groups is 1. The Labute approximate surface area is 183 Å². The normalized spacial score (nSPS) is 13.3. The first-order valence-corrected chi connectivity index (χ1v) is 11.8. The molecule has 1 amide bonds. The molecule has 0 fully saturated rings. The molecule has 160 valence electrons. The molecular weight excluding hydrogens is 408 g/mol. The molecule has 31 heavy (non-hydrogen) atoms. The van der Waals surface area contributed by atoms with Crippen molar-refractivity contribution in [3.63, 3.8) is 0 Å². The van der Waals surface area contributed by atoms with Crippen molar-refractivity contribution in [2.45, 2.75) is 38.6 Å². The van der Waals surface area contributed by atoms with Crippen LogP contribution in [0.3, 0.4) is 0 Å². The molecule has 0 bridgehead atoms. The van der Waals surface area contributed by atoms with Crippen LogP contribution in [-0.4, -0.2) is 20.9 Å². The summed E-state index contributed by atoms with van der Waals surface area (Å²) in [6, 6.07) is 18.7. The molecule has 3 aromatic rings. The standard InChI is InChI=1S/C25H26N2O3S/c1-17-8-11-24(19(3)14-17)31(29,30)26-16-20-9-10-21-12-13-27(23(21)15-20)25(28)22-7-5-4-6-18(22)2/h4-11,14-15,26H,12-13,16H2,1-3H3. The zero-order valence-corrected chi connectivity index (χ0v) is 18.8. The number of hydrogen-bond acceptors (Lipinski definition) is 3. The van der Waals surface area contributed by atoms with Gasteiger partial charge in [0.2, 0.25) is 10.0 Å². The number of sulfonamides is 1. The highest BCUT2D eigenvalue weighted by Crippen LogP contribution is 2.31. The summed E-state index contributed by atoms with van der Waals surface area (Å²) in [5.41, 5.74) is 6.15. The molecule has 0 spiro atoms. The third-order valence-corrected chi connectivity index (χ3v) is 7.31. The Bertz CT molecular complexity index is 1270. The van der Waals surface area contributed by atoms with Gasteiger partial charge in [0.1, 0.15) is 0 Å². The molecule has 1 heterocycles. The van der Waals surface area contributed by atoms with Gasteiger partial charge in [0.15, 0.2) is 0 Å². The fourth-order valence-corrected chi connectivity index (χ4v) is 5.30. The van der Waals surface area contributed by atoms with Gasteiger partial charge in [-0.1, -0.05) is 48.0 Å². The van der Waals surface area contributed by atoms with Gasteiger partial charge in [0.05, 0.1) is 4.90 Å². The van der Waals surface area contributed by atoms with Crippen LogP contribution in [0.1, 0.15) is 38.2 Å². The van der Waals surface area contributed by atoms with Crippen molar-refractivity contribution in [1.29, 1.82) is 0 Å². The quantitative estimate of drug-likeness (QED) is 0.651. The number of fused-ring (bicyclic) bond motifs is 1. The maximum absolute atomic E-state index is 13.1. The summed E-state index contributed by atoms with van der Waals surface area (Å²) in [4.78, 5) is 15.2. The third kappa shape index (κ3) is 4.27. The van der Waals surface area contributed by atoms with E-state index in [1.807, 2.05) is 62.4 Å². The van der Waals surface area contributed by atoms with Crippen molar-refractivity contribution in [3.05, 3.63) is 94.0 Å². The largest absolute Gasteiger partial charge is 0.308 e. The van der Waals surface area contributed by atoms with Crippen LogP contribution in [-0.2, 0) is 23.0 Å². The van der Waals surface area contributed by atoms with Gasteiger partial charge in [-0.3, -0.25) is 4.79 Å². The van der Waals surface area contributed by atoms with E-state index in [0.717, 1.165) is 39.9 Å². The van der Waals surface area contributed by atoms with E-state index in [-0.39, 0.29) is 17.3 Å². The maximum Gasteiger partial charge on any atom is 0.258 e. The molecule has 1 aliphatic rings. The van der Waals surface area contributed by atoms with Crippen LogP contribution in [0.4, 0.5) is 5.69 Å². The zero-order valence-electron chi connectivity index (χ0n) is 18.0. The molecule has 1 N–H and O–H groups in total. The van der Waals surface area contributed by atoms with Crippen molar-refractivity contribution in [2.75, 3.05) is 11.4 Å². The van der Waals surface area contributed by atoms with Gasteiger partial charge in [-0.2, -0.15) is 0 Å². The Morgan fingerprint density at radius 3 is 2.48 bits per heavy atom. The van der Waals surface area contributed by atoms with Crippen molar-refractivity contribution in [2.24, 2.45) is 0 Å². The lowest BCUT2D eigenvalue weighted by atomic mass is 10.1. The van der Waals surface area contributed by atoms with Gasteiger partial charge in [-0.15, -0.1) is 0 Å². The number of anilines is 1. The number of nitrogens with one attached hydrogen (secondary N) is 1. The Balaban J connectivity index is 1.55. The molecular formula is C25H26N2O3S. The summed E-state index contributed by atoms with van der Waals surface area (Å²) in [6.07, 6.45) is 0.793. The van der Waals surface area contributed by atoms with E-state index in [9.17, 15) is 13.2 Å². The van der Waals surface area contributed by atoms with Crippen molar-refractivity contribution in [1.82, 2.24) is 4.72 Å². The lowest BCUT2D eigenvalue weighted by molar-refractivity contribution is 0.0989. The molecule has 0 saturated carbocycles. The molecule has 0 radical (unpaired) electrons. The van der Waals surface area contributed by atoms with Crippen molar-refractivity contribution < 1.29 is 13.2 Å². The highest BCUT2D eigenvalue weighted by atomic mass is 32.2. The van der Waals surface area contributed by atoms with E-state index >= 15 is 0 Å². The Morgan fingerprint density at radius 2 is 1.74 bits per heavy atom. The average molecular weight is 435 g/mol. The highest BCUT2D eigenvalue weighted by molar-refractivity contribution is 7.89. The first kappa shape index (κ1) is 21.3. The summed E-state index contributed by atoms with van der Waals surface area (Å²) < 4.78 is 28.3. The van der Waals surface area contributed by atoms with Crippen molar-refractivity contribution >= 4 is 21.6 Å². The molecule has 0 atom stereocenters. The van der Waals surface area contributed by atoms with Gasteiger partial charge in [-0.25, -0.2) is 13.1 Å². The molecule has 3 aromatic carbocycles. The van der Waals surface area contributed by atoms with Crippen LogP contribution >= 0.6 is 0 Å². The molecule has 0 aromatic heterocycles. The second-order valence-corrected chi connectivity index (χ2v) is 9.81. The monoisotopic (exact) mass is 434 g/mol. The molecule has 0 aliphatic carbocycles. The number of aryl methyl sites for hydroxylation is 3. The van der Waals surface area contributed by atoms with Gasteiger partial charge >= 0.3 is 0 Å². The molecule has 0 unspecified atom stereocenters. The fourth-order valence-electron chi connectivity index (χ4n) is 4.06. The van der Waals surface area contributed by atoms with Gasteiger partial charge in [0, 0.05) is 24.3 Å². The number of rotatable bonds is 5. The average Bonchev–Trinajstić information content (AvgIpc) is 3.15. The van der Waals surface area contributed by atoms with Crippen LogP contribution in [0.25, 0.3) is 0 Å². The molecule has 5 nitrogen and oxygen atoms in total. The van der Waals surface area contributed by atoms with Gasteiger partial charge < -0.3 is 4.90 Å². The Morgan fingerprint density at radius 1 is 0.968 bits per heavy atom. The Hall–Kier alpha value is -2.96. The van der Waals surface area contributed by atoms with E-state index in [4.69, 9.17) is 0 Å². The number of hydrogen-bond donors (Lipinski definition) is 1. The number of nitrogens with zero attached hydrogens (tertiary/aromatic N) is 1. The van der Waals surface area contributed by atoms with E-state index in [2.05, 4.69) is 4.72 Å². The number of benzene rings is 3. The first-order valence-electron chi connectivity index (χ1n) is 10.3.